The van der Waals surface area contributed by atoms with Crippen LogP contribution >= 0.6 is 0 Å². The van der Waals surface area contributed by atoms with Crippen molar-refractivity contribution in [3.05, 3.63) is 0 Å². The van der Waals surface area contributed by atoms with Crippen LogP contribution in [0.3, 0.4) is 0 Å². The molecule has 0 aromatic rings. The summed E-state index contributed by atoms with van der Waals surface area (Å²) >= 11 is 0. The monoisotopic (exact) mass is 283 g/mol. The zero-order valence-corrected chi connectivity index (χ0v) is 12.4. The van der Waals surface area contributed by atoms with Crippen molar-refractivity contribution in [2.45, 2.75) is 64.1 Å². The summed E-state index contributed by atoms with van der Waals surface area (Å²) in [6.45, 7) is 4.71. The van der Waals surface area contributed by atoms with E-state index in [1.165, 1.54) is 0 Å². The second kappa shape index (κ2) is 6.12. The third kappa shape index (κ3) is 3.95. The summed E-state index contributed by atoms with van der Waals surface area (Å²) in [5.74, 6) is -0.967. The third-order valence-corrected chi connectivity index (χ3v) is 4.51. The lowest BCUT2D eigenvalue weighted by molar-refractivity contribution is -0.144. The van der Waals surface area contributed by atoms with Crippen LogP contribution < -0.4 is 5.32 Å². The molecule has 0 spiro atoms. The molecule has 114 valence electrons. The minimum atomic E-state index is -0.731. The third-order valence-electron chi connectivity index (χ3n) is 4.51. The number of rotatable bonds is 4. The Balaban J connectivity index is 1.70. The first-order valence-electron chi connectivity index (χ1n) is 7.56. The van der Waals surface area contributed by atoms with Gasteiger partial charge in [0.05, 0.1) is 17.6 Å². The highest BCUT2D eigenvalue weighted by Gasteiger charge is 2.33. The number of nitrogens with one attached hydrogen (secondary N) is 1. The number of amides is 1. The zero-order chi connectivity index (χ0) is 14.8. The fourth-order valence-electron chi connectivity index (χ4n) is 3.18. The van der Waals surface area contributed by atoms with E-state index in [-0.39, 0.29) is 29.4 Å². The Morgan fingerprint density at radius 1 is 1.15 bits per heavy atom. The van der Waals surface area contributed by atoms with Gasteiger partial charge in [-0.15, -0.1) is 0 Å². The lowest BCUT2D eigenvalue weighted by Crippen LogP contribution is -2.38. The molecule has 1 unspecified atom stereocenters. The molecule has 2 fully saturated rings. The molecule has 0 radical (unpaired) electrons. The Kier molecular flexibility index (Phi) is 4.68. The van der Waals surface area contributed by atoms with E-state index < -0.39 is 5.97 Å². The minimum absolute atomic E-state index is 0.0278. The van der Waals surface area contributed by atoms with Gasteiger partial charge in [0.1, 0.15) is 0 Å². The van der Waals surface area contributed by atoms with Crippen LogP contribution in [-0.2, 0) is 14.3 Å². The molecule has 1 saturated carbocycles. The number of hydrogen-bond donors (Lipinski definition) is 2. The van der Waals surface area contributed by atoms with Gasteiger partial charge >= 0.3 is 5.97 Å². The summed E-state index contributed by atoms with van der Waals surface area (Å²) in [5, 5.41) is 11.9. The second-order valence-corrected chi connectivity index (χ2v) is 6.67. The molecule has 0 bridgehead atoms. The van der Waals surface area contributed by atoms with E-state index in [9.17, 15) is 9.59 Å². The zero-order valence-electron chi connectivity index (χ0n) is 12.4. The molecular formula is C15H25NO4. The standard InChI is InChI=1S/C15H25NO4/c1-15(2)8-7-12(20-15)9-16-13(17)10-3-5-11(6-4-10)14(18)19/h10-12H,3-9H2,1-2H3,(H,16,17)(H,18,19). The van der Waals surface area contributed by atoms with Crippen molar-refractivity contribution in [1.82, 2.24) is 5.32 Å². The molecule has 1 saturated heterocycles. The molecule has 0 aromatic carbocycles. The molecular weight excluding hydrogens is 258 g/mol. The van der Waals surface area contributed by atoms with Gasteiger partial charge < -0.3 is 15.2 Å². The molecule has 2 rings (SSSR count). The van der Waals surface area contributed by atoms with E-state index in [1.807, 2.05) is 0 Å². The number of carbonyl (C=O) groups is 2. The summed E-state index contributed by atoms with van der Waals surface area (Å²) in [7, 11) is 0. The molecule has 5 heteroatoms. The first-order valence-corrected chi connectivity index (χ1v) is 7.56. The number of ether oxygens (including phenoxy) is 1. The predicted octanol–water partition coefficient (Wildman–Crippen LogP) is 1.95. The number of carbonyl (C=O) groups excluding carboxylic acids is 1. The van der Waals surface area contributed by atoms with E-state index in [1.54, 1.807) is 0 Å². The first kappa shape index (κ1) is 15.3. The van der Waals surface area contributed by atoms with Crippen molar-refractivity contribution < 1.29 is 19.4 Å². The molecule has 2 N–H and O–H groups in total. The first-order chi connectivity index (χ1) is 9.37. The molecule has 1 aliphatic heterocycles. The maximum Gasteiger partial charge on any atom is 0.306 e. The fourth-order valence-corrected chi connectivity index (χ4v) is 3.18. The lowest BCUT2D eigenvalue weighted by Gasteiger charge is -2.26. The van der Waals surface area contributed by atoms with Gasteiger partial charge in [0.15, 0.2) is 0 Å². The SMILES string of the molecule is CC1(C)CCC(CNC(=O)C2CCC(C(=O)O)CC2)O1. The normalized spacial score (nSPS) is 32.8. The van der Waals surface area contributed by atoms with Gasteiger partial charge in [-0.25, -0.2) is 0 Å². The fraction of sp³-hybridized carbons (Fsp3) is 0.867. The lowest BCUT2D eigenvalue weighted by atomic mass is 9.81. The van der Waals surface area contributed by atoms with E-state index in [0.717, 1.165) is 12.8 Å². The molecule has 1 heterocycles. The van der Waals surface area contributed by atoms with Gasteiger partial charge in [-0.2, -0.15) is 0 Å². The van der Waals surface area contributed by atoms with Crippen molar-refractivity contribution in [2.75, 3.05) is 6.54 Å². The van der Waals surface area contributed by atoms with Gasteiger partial charge in [0.2, 0.25) is 5.91 Å². The summed E-state index contributed by atoms with van der Waals surface area (Å²) in [4.78, 5) is 23.0. The highest BCUT2D eigenvalue weighted by molar-refractivity contribution is 5.79. The van der Waals surface area contributed by atoms with Gasteiger partial charge in [-0.05, 0) is 52.4 Å². The van der Waals surface area contributed by atoms with Crippen molar-refractivity contribution in [3.63, 3.8) is 0 Å². The van der Waals surface area contributed by atoms with Crippen LogP contribution in [0.15, 0.2) is 0 Å². The molecule has 5 nitrogen and oxygen atoms in total. The van der Waals surface area contributed by atoms with Crippen LogP contribution in [-0.4, -0.2) is 35.2 Å². The van der Waals surface area contributed by atoms with Crippen LogP contribution in [0.1, 0.15) is 52.4 Å². The number of aliphatic carboxylic acids is 1. The van der Waals surface area contributed by atoms with Crippen molar-refractivity contribution in [2.24, 2.45) is 11.8 Å². The number of carboxylic acids is 1. The maximum atomic E-state index is 12.1. The Labute approximate surface area is 120 Å². The van der Waals surface area contributed by atoms with Gasteiger partial charge in [-0.1, -0.05) is 0 Å². The van der Waals surface area contributed by atoms with E-state index in [4.69, 9.17) is 9.84 Å². The Morgan fingerprint density at radius 2 is 1.75 bits per heavy atom. The Bertz CT molecular complexity index is 372. The molecule has 2 aliphatic rings. The smallest absolute Gasteiger partial charge is 0.306 e. The highest BCUT2D eigenvalue weighted by Crippen LogP contribution is 2.30. The van der Waals surface area contributed by atoms with Crippen LogP contribution in [0.25, 0.3) is 0 Å². The molecule has 1 aliphatic carbocycles. The summed E-state index contributed by atoms with van der Waals surface area (Å²) in [6, 6.07) is 0. The maximum absolute atomic E-state index is 12.1. The largest absolute Gasteiger partial charge is 0.481 e. The second-order valence-electron chi connectivity index (χ2n) is 6.67. The van der Waals surface area contributed by atoms with Crippen molar-refractivity contribution >= 4 is 11.9 Å². The van der Waals surface area contributed by atoms with Gasteiger partial charge in [0.25, 0.3) is 0 Å². The molecule has 1 amide bonds. The number of carboxylic acid groups (broad SMARTS) is 1. The van der Waals surface area contributed by atoms with Gasteiger partial charge in [-0.3, -0.25) is 9.59 Å². The van der Waals surface area contributed by atoms with E-state index in [2.05, 4.69) is 19.2 Å². The van der Waals surface area contributed by atoms with Crippen molar-refractivity contribution in [3.8, 4) is 0 Å². The van der Waals surface area contributed by atoms with Crippen molar-refractivity contribution in [1.29, 1.82) is 0 Å². The Morgan fingerprint density at radius 3 is 2.25 bits per heavy atom. The average Bonchev–Trinajstić information content (AvgIpc) is 2.75. The van der Waals surface area contributed by atoms with Crippen LogP contribution in [0.2, 0.25) is 0 Å². The van der Waals surface area contributed by atoms with Gasteiger partial charge in [0, 0.05) is 12.5 Å². The van der Waals surface area contributed by atoms with E-state index >= 15 is 0 Å². The summed E-state index contributed by atoms with van der Waals surface area (Å²) in [5.41, 5.74) is -0.0745. The summed E-state index contributed by atoms with van der Waals surface area (Å²) in [6.07, 6.45) is 4.71. The van der Waals surface area contributed by atoms with Crippen LogP contribution in [0.4, 0.5) is 0 Å². The molecule has 1 atom stereocenters. The summed E-state index contributed by atoms with van der Waals surface area (Å²) < 4.78 is 5.84. The average molecular weight is 283 g/mol. The predicted molar refractivity (Wildman–Crippen MR) is 74.3 cm³/mol. The van der Waals surface area contributed by atoms with Crippen LogP contribution in [0.5, 0.6) is 0 Å². The topological polar surface area (TPSA) is 75.6 Å². The minimum Gasteiger partial charge on any atom is -0.481 e. The van der Waals surface area contributed by atoms with E-state index in [0.29, 0.717) is 32.2 Å². The van der Waals surface area contributed by atoms with Crippen LogP contribution in [0, 0.1) is 11.8 Å². The highest BCUT2D eigenvalue weighted by atomic mass is 16.5. The molecule has 20 heavy (non-hydrogen) atoms. The number of hydrogen-bond acceptors (Lipinski definition) is 3. The quantitative estimate of drug-likeness (QED) is 0.827. The molecule has 0 aromatic heterocycles. The Hall–Kier alpha value is -1.10.